The molecule has 0 radical (unpaired) electrons. The molecule has 8 rings (SSSR count). The Morgan fingerprint density at radius 3 is 2.07 bits per heavy atom. The van der Waals surface area contributed by atoms with Crippen molar-refractivity contribution in [3.8, 4) is 11.8 Å². The number of nitriles is 1. The van der Waals surface area contributed by atoms with E-state index >= 15 is 0 Å². The maximum absolute atomic E-state index is 14.2. The van der Waals surface area contributed by atoms with E-state index in [4.69, 9.17) is 10.00 Å². The third kappa shape index (κ3) is 6.13. The van der Waals surface area contributed by atoms with Gasteiger partial charge < -0.3 is 15.0 Å². The predicted molar refractivity (Wildman–Crippen MR) is 198 cm³/mol. The first-order chi connectivity index (χ1) is 26.2. The molecule has 5 amide bonds. The lowest BCUT2D eigenvalue weighted by Crippen LogP contribution is -2.74. The summed E-state index contributed by atoms with van der Waals surface area (Å²) in [5, 5.41) is 14.5. The smallest absolute Gasteiger partial charge is 0.262 e. The van der Waals surface area contributed by atoms with Gasteiger partial charge in [-0.25, -0.2) is 4.39 Å². The molecule has 0 bridgehead atoms. The highest BCUT2D eigenvalue weighted by Crippen LogP contribution is 2.55. The highest BCUT2D eigenvalue weighted by molar-refractivity contribution is 6.23. The molecule has 3 fully saturated rings. The van der Waals surface area contributed by atoms with Gasteiger partial charge in [-0.15, -0.1) is 0 Å². The maximum Gasteiger partial charge on any atom is 0.262 e. The van der Waals surface area contributed by atoms with Crippen LogP contribution >= 0.6 is 0 Å². The summed E-state index contributed by atoms with van der Waals surface area (Å²) in [5.74, 6) is -2.44. The molecule has 284 valence electrons. The molecule has 1 aliphatic carbocycles. The van der Waals surface area contributed by atoms with Gasteiger partial charge in [-0.05, 0) is 78.9 Å². The van der Waals surface area contributed by atoms with E-state index in [0.717, 1.165) is 47.6 Å². The monoisotopic (exact) mass is 746 g/mol. The van der Waals surface area contributed by atoms with Gasteiger partial charge in [-0.2, -0.15) is 5.26 Å². The Hall–Kier alpha value is -5.61. The molecule has 1 saturated carbocycles. The van der Waals surface area contributed by atoms with Crippen LogP contribution in [0.15, 0.2) is 54.6 Å². The summed E-state index contributed by atoms with van der Waals surface area (Å²) < 4.78 is 20.5. The fraction of sp³-hybridized carbons (Fsp3) is 0.429. The number of ether oxygens (including phenoxy) is 1. The number of nitrogens with zero attached hydrogens (tertiary/aromatic N) is 4. The standard InChI is InChI=1S/C42H43FN6O6/c1-41(2)39(42(3,4)40(41)55-29-10-7-24(20-44)32(43)19-29)46-35(51)23-5-8-27(9-6-23)47-15-13-28(14-16-47)48-21-25-17-30-31(18-26(25)22-48)38(54)49(37(30)53)33-11-12-34(50)45-36(33)52/h5-10,17-19,28,33,39-40H,11-16,21-22H2,1-4H3,(H,46,51)(H,45,50,52)/t33?,39-,40-. The number of hydrogen-bond donors (Lipinski definition) is 2. The Morgan fingerprint density at radius 2 is 1.51 bits per heavy atom. The van der Waals surface area contributed by atoms with Gasteiger partial charge >= 0.3 is 0 Å². The van der Waals surface area contributed by atoms with Crippen LogP contribution in [0.3, 0.4) is 0 Å². The molecule has 4 aliphatic heterocycles. The maximum atomic E-state index is 14.2. The number of carbonyl (C=O) groups excluding carboxylic acids is 5. The third-order valence-corrected chi connectivity index (χ3v) is 12.4. The zero-order chi connectivity index (χ0) is 39.0. The van der Waals surface area contributed by atoms with Crippen LogP contribution in [0.5, 0.6) is 5.75 Å². The second-order valence-corrected chi connectivity index (χ2v) is 16.6. The second kappa shape index (κ2) is 13.3. The molecule has 3 aromatic carbocycles. The molecule has 1 atom stereocenters. The van der Waals surface area contributed by atoms with Gasteiger partial charge in [0.05, 0.1) is 16.7 Å². The number of rotatable bonds is 7. The number of fused-ring (bicyclic) bond motifs is 2. The number of imide groups is 2. The Labute approximate surface area is 318 Å². The highest BCUT2D eigenvalue weighted by atomic mass is 19.1. The summed E-state index contributed by atoms with van der Waals surface area (Å²) in [5.41, 5.74) is 3.33. The van der Waals surface area contributed by atoms with Crippen molar-refractivity contribution >= 4 is 35.2 Å². The van der Waals surface area contributed by atoms with E-state index in [2.05, 4.69) is 20.4 Å². The molecule has 55 heavy (non-hydrogen) atoms. The molecular weight excluding hydrogens is 703 g/mol. The van der Waals surface area contributed by atoms with Crippen LogP contribution in [-0.2, 0) is 22.7 Å². The zero-order valence-corrected chi connectivity index (χ0v) is 31.3. The minimum atomic E-state index is -0.978. The molecule has 1 unspecified atom stereocenters. The number of benzene rings is 3. The number of carbonyl (C=O) groups is 5. The fourth-order valence-corrected chi connectivity index (χ4v) is 9.78. The highest BCUT2D eigenvalue weighted by Gasteiger charge is 2.64. The Balaban J connectivity index is 0.846. The molecule has 13 heteroatoms. The Morgan fingerprint density at radius 1 is 0.891 bits per heavy atom. The lowest BCUT2D eigenvalue weighted by atomic mass is 9.49. The zero-order valence-electron chi connectivity index (χ0n) is 31.3. The van der Waals surface area contributed by atoms with Gasteiger partial charge in [0.1, 0.15) is 29.8 Å². The van der Waals surface area contributed by atoms with Crippen LogP contribution in [0.1, 0.15) is 101 Å². The predicted octanol–water partition coefficient (Wildman–Crippen LogP) is 4.70. The van der Waals surface area contributed by atoms with Crippen molar-refractivity contribution < 1.29 is 33.1 Å². The number of amides is 5. The van der Waals surface area contributed by atoms with Gasteiger partial charge in [-0.3, -0.25) is 39.1 Å². The first-order valence-corrected chi connectivity index (χ1v) is 18.8. The van der Waals surface area contributed by atoms with Crippen LogP contribution in [-0.4, -0.2) is 76.7 Å². The van der Waals surface area contributed by atoms with E-state index in [1.54, 1.807) is 6.07 Å². The van der Waals surface area contributed by atoms with Crippen LogP contribution in [0.25, 0.3) is 0 Å². The lowest BCUT2D eigenvalue weighted by Gasteiger charge is -2.63. The van der Waals surface area contributed by atoms with Crippen molar-refractivity contribution in [3.63, 3.8) is 0 Å². The van der Waals surface area contributed by atoms with Crippen LogP contribution in [0.2, 0.25) is 0 Å². The Kier molecular flexibility index (Phi) is 8.80. The minimum absolute atomic E-state index is 0.0398. The second-order valence-electron chi connectivity index (χ2n) is 16.6. The average Bonchev–Trinajstić information content (AvgIpc) is 3.69. The molecule has 4 heterocycles. The van der Waals surface area contributed by atoms with E-state index in [0.29, 0.717) is 41.6 Å². The quantitative estimate of drug-likeness (QED) is 0.328. The molecular formula is C42H43FN6O6. The van der Waals surface area contributed by atoms with E-state index in [-0.39, 0.29) is 36.5 Å². The van der Waals surface area contributed by atoms with Crippen molar-refractivity contribution in [1.29, 1.82) is 5.26 Å². The van der Waals surface area contributed by atoms with E-state index in [1.165, 1.54) is 12.1 Å². The number of anilines is 1. The van der Waals surface area contributed by atoms with Crippen molar-refractivity contribution in [2.45, 2.75) is 90.7 Å². The SMILES string of the molecule is CC1(C)[C@H](NC(=O)c2ccc(N3CCC(N4Cc5cc6c(cc5C4)C(=O)N(C4CCC(=O)NC4=O)C6=O)CC3)cc2)C(C)(C)[C@H]1Oc1ccc(C#N)c(F)c1. The van der Waals surface area contributed by atoms with Gasteiger partial charge in [-0.1, -0.05) is 27.7 Å². The largest absolute Gasteiger partial charge is 0.489 e. The molecule has 2 saturated heterocycles. The van der Waals surface area contributed by atoms with Crippen molar-refractivity contribution in [1.82, 2.24) is 20.4 Å². The molecule has 5 aliphatic rings. The lowest BCUT2D eigenvalue weighted by molar-refractivity contribution is -0.164. The summed E-state index contributed by atoms with van der Waals surface area (Å²) in [6, 6.07) is 16.5. The molecule has 2 N–H and O–H groups in total. The van der Waals surface area contributed by atoms with E-state index < -0.39 is 46.3 Å². The third-order valence-electron chi connectivity index (χ3n) is 12.4. The summed E-state index contributed by atoms with van der Waals surface area (Å²) in [4.78, 5) is 69.9. The number of nitrogens with one attached hydrogen (secondary N) is 2. The van der Waals surface area contributed by atoms with Crippen LogP contribution < -0.4 is 20.3 Å². The van der Waals surface area contributed by atoms with Gasteiger partial charge in [0.25, 0.3) is 17.7 Å². The molecule has 12 nitrogen and oxygen atoms in total. The molecule has 3 aromatic rings. The van der Waals surface area contributed by atoms with E-state index in [1.807, 2.05) is 70.2 Å². The first kappa shape index (κ1) is 36.4. The van der Waals surface area contributed by atoms with Crippen LogP contribution in [0.4, 0.5) is 10.1 Å². The summed E-state index contributed by atoms with van der Waals surface area (Å²) in [7, 11) is 0. The first-order valence-electron chi connectivity index (χ1n) is 18.8. The minimum Gasteiger partial charge on any atom is -0.489 e. The fourth-order valence-electron chi connectivity index (χ4n) is 9.78. The van der Waals surface area contributed by atoms with Crippen molar-refractivity contribution in [2.24, 2.45) is 10.8 Å². The summed E-state index contributed by atoms with van der Waals surface area (Å²) in [6.45, 7) is 11.1. The molecule has 0 aromatic heterocycles. The van der Waals surface area contributed by atoms with Crippen molar-refractivity contribution in [2.75, 3.05) is 18.0 Å². The van der Waals surface area contributed by atoms with Crippen LogP contribution in [0, 0.1) is 28.0 Å². The number of halogens is 1. The average molecular weight is 747 g/mol. The van der Waals surface area contributed by atoms with Crippen molar-refractivity contribution in [3.05, 3.63) is 93.8 Å². The molecule has 0 spiro atoms. The topological polar surface area (TPSA) is 152 Å². The summed E-state index contributed by atoms with van der Waals surface area (Å²) >= 11 is 0. The number of hydrogen-bond acceptors (Lipinski definition) is 9. The Bertz CT molecular complexity index is 2130. The van der Waals surface area contributed by atoms with Gasteiger partial charge in [0, 0.05) is 72.8 Å². The normalized spacial score (nSPS) is 24.5. The summed E-state index contributed by atoms with van der Waals surface area (Å²) in [6.07, 6.45) is 1.78. The van der Waals surface area contributed by atoms with Gasteiger partial charge in [0.2, 0.25) is 11.8 Å². The number of piperidine rings is 2. The van der Waals surface area contributed by atoms with E-state index in [9.17, 15) is 28.4 Å². The van der Waals surface area contributed by atoms with Gasteiger partial charge in [0.15, 0.2) is 0 Å².